The van der Waals surface area contributed by atoms with Crippen LogP contribution in [-0.2, 0) is 11.2 Å². The number of hydrogen-bond acceptors (Lipinski definition) is 5. The van der Waals surface area contributed by atoms with Crippen molar-refractivity contribution in [3.8, 4) is 0 Å². The molecule has 2 aromatic carbocycles. The van der Waals surface area contributed by atoms with Gasteiger partial charge in [0.1, 0.15) is 30.3 Å². The summed E-state index contributed by atoms with van der Waals surface area (Å²) in [5.74, 6) is -1.62. The summed E-state index contributed by atoms with van der Waals surface area (Å²) in [5.41, 5.74) is 2.58. The molecule has 2 aliphatic rings. The Labute approximate surface area is 183 Å². The zero-order chi connectivity index (χ0) is 21.5. The number of carbonyl (C=O) groups is 1. The lowest BCUT2D eigenvalue weighted by Gasteiger charge is -2.37. The molecule has 0 unspecified atom stereocenters. The van der Waals surface area contributed by atoms with Crippen molar-refractivity contribution < 1.29 is 14.3 Å². The van der Waals surface area contributed by atoms with Gasteiger partial charge >= 0.3 is 0 Å². The van der Waals surface area contributed by atoms with Crippen LogP contribution in [0.1, 0.15) is 41.1 Å². The summed E-state index contributed by atoms with van der Waals surface area (Å²) in [6.07, 6.45) is 3.63. The van der Waals surface area contributed by atoms with Gasteiger partial charge < -0.3 is 10.4 Å². The first-order valence-corrected chi connectivity index (χ1v) is 10.5. The molecule has 0 fully saturated rings. The molecule has 31 heavy (non-hydrogen) atoms. The van der Waals surface area contributed by atoms with Gasteiger partial charge in [-0.15, -0.1) is 0 Å². The van der Waals surface area contributed by atoms with Gasteiger partial charge in [-0.3, -0.25) is 4.79 Å². The molecular weight excluding hydrogens is 419 g/mol. The highest BCUT2D eigenvalue weighted by molar-refractivity contribution is 6.31. The van der Waals surface area contributed by atoms with Crippen molar-refractivity contribution in [2.24, 2.45) is 0 Å². The van der Waals surface area contributed by atoms with Gasteiger partial charge in [0, 0.05) is 29.5 Å². The van der Waals surface area contributed by atoms with Gasteiger partial charge in [0.15, 0.2) is 5.78 Å². The van der Waals surface area contributed by atoms with Crippen LogP contribution in [-0.4, -0.2) is 32.2 Å². The molecule has 3 aromatic rings. The first kappa shape index (κ1) is 19.9. The number of ketones is 1. The molecule has 8 heteroatoms. The van der Waals surface area contributed by atoms with E-state index in [1.165, 1.54) is 29.5 Å². The van der Waals surface area contributed by atoms with Crippen molar-refractivity contribution in [3.63, 3.8) is 0 Å². The summed E-state index contributed by atoms with van der Waals surface area (Å²) >= 11 is 6.33. The van der Waals surface area contributed by atoms with Crippen LogP contribution in [0.4, 0.5) is 4.39 Å². The predicted molar refractivity (Wildman–Crippen MR) is 113 cm³/mol. The molecule has 6 nitrogen and oxygen atoms in total. The van der Waals surface area contributed by atoms with E-state index in [0.717, 1.165) is 17.5 Å². The number of benzene rings is 2. The van der Waals surface area contributed by atoms with Crippen LogP contribution in [0.15, 0.2) is 66.5 Å². The van der Waals surface area contributed by atoms with E-state index in [1.807, 2.05) is 24.3 Å². The summed E-state index contributed by atoms with van der Waals surface area (Å²) in [6, 6.07) is 11.0. The Balaban J connectivity index is 1.68. The zero-order valence-corrected chi connectivity index (χ0v) is 17.3. The van der Waals surface area contributed by atoms with E-state index in [9.17, 15) is 14.3 Å². The normalized spacial score (nSPS) is 23.7. The van der Waals surface area contributed by atoms with Crippen LogP contribution < -0.4 is 5.32 Å². The monoisotopic (exact) mass is 438 g/mol. The zero-order valence-electron chi connectivity index (χ0n) is 16.5. The maximum absolute atomic E-state index is 14.8. The number of aliphatic hydroxyl groups is 1. The van der Waals surface area contributed by atoms with Crippen molar-refractivity contribution in [2.45, 2.75) is 30.8 Å². The molecular formula is C23H20ClFN4O2. The van der Waals surface area contributed by atoms with Crippen LogP contribution in [0.5, 0.6) is 0 Å². The molecule has 2 heterocycles. The van der Waals surface area contributed by atoms with Crippen LogP contribution in [0.25, 0.3) is 0 Å². The highest BCUT2D eigenvalue weighted by Crippen LogP contribution is 2.47. The molecule has 1 aliphatic heterocycles. The fourth-order valence-corrected chi connectivity index (χ4v) is 5.08. The third kappa shape index (κ3) is 3.34. The molecule has 5 rings (SSSR count). The van der Waals surface area contributed by atoms with Gasteiger partial charge in [-0.05, 0) is 29.7 Å². The summed E-state index contributed by atoms with van der Waals surface area (Å²) in [5, 5.41) is 19.2. The molecule has 0 saturated heterocycles. The molecule has 1 aromatic heterocycles. The topological polar surface area (TPSA) is 80.0 Å². The molecule has 1 aliphatic carbocycles. The van der Waals surface area contributed by atoms with Crippen molar-refractivity contribution in [1.82, 2.24) is 20.1 Å². The lowest BCUT2D eigenvalue weighted by molar-refractivity contribution is -0.117. The molecule has 0 spiro atoms. The van der Waals surface area contributed by atoms with Gasteiger partial charge in [-0.2, -0.15) is 5.10 Å². The summed E-state index contributed by atoms with van der Waals surface area (Å²) < 4.78 is 16.3. The van der Waals surface area contributed by atoms with Gasteiger partial charge in [0.05, 0.1) is 11.6 Å². The second kappa shape index (κ2) is 7.90. The van der Waals surface area contributed by atoms with Crippen LogP contribution in [0, 0.1) is 5.82 Å². The Morgan fingerprint density at radius 3 is 2.81 bits per heavy atom. The number of allylic oxidation sites excluding steroid dienone is 1. The second-order valence-corrected chi connectivity index (χ2v) is 8.23. The molecule has 0 radical (unpaired) electrons. The third-order valence-electron chi connectivity index (χ3n) is 6.13. The van der Waals surface area contributed by atoms with E-state index < -0.39 is 23.8 Å². The Morgan fingerprint density at radius 1 is 1.19 bits per heavy atom. The van der Waals surface area contributed by atoms with Gasteiger partial charge in [0.2, 0.25) is 0 Å². The van der Waals surface area contributed by atoms with E-state index in [0.29, 0.717) is 6.54 Å². The predicted octanol–water partition coefficient (Wildman–Crippen LogP) is 4.07. The highest BCUT2D eigenvalue weighted by atomic mass is 35.5. The van der Waals surface area contributed by atoms with Crippen LogP contribution in [0.2, 0.25) is 5.02 Å². The van der Waals surface area contributed by atoms with E-state index >= 15 is 0 Å². The summed E-state index contributed by atoms with van der Waals surface area (Å²) in [4.78, 5) is 17.4. The van der Waals surface area contributed by atoms with E-state index in [2.05, 4.69) is 15.4 Å². The van der Waals surface area contributed by atoms with Crippen molar-refractivity contribution in [3.05, 3.63) is 94.0 Å². The number of halogens is 2. The standard InChI is InChI=1S/C23H20ClFN4O2/c24-16-6-3-7-17(25)19(16)15-10-18(30)20(23(31)22(15)29-12-26-11-28-29)21-14-5-2-1-4-13(14)8-9-27-21/h1-7,11-12,15,21-22,27,31H,8-10H2/t15-,21+,22-/m1/s1. The minimum Gasteiger partial charge on any atom is -0.510 e. The maximum Gasteiger partial charge on any atom is 0.164 e. The first-order chi connectivity index (χ1) is 15.1. The maximum atomic E-state index is 14.8. The summed E-state index contributed by atoms with van der Waals surface area (Å²) in [6.45, 7) is 0.683. The van der Waals surface area contributed by atoms with Crippen molar-refractivity contribution >= 4 is 17.4 Å². The van der Waals surface area contributed by atoms with Crippen LogP contribution in [0.3, 0.4) is 0 Å². The number of hydrogen-bond donors (Lipinski definition) is 2. The smallest absolute Gasteiger partial charge is 0.164 e. The minimum absolute atomic E-state index is 0.00901. The molecule has 0 saturated carbocycles. The number of aliphatic hydroxyl groups excluding tert-OH is 1. The van der Waals surface area contributed by atoms with Crippen molar-refractivity contribution in [2.75, 3.05) is 6.54 Å². The van der Waals surface area contributed by atoms with Gasteiger partial charge in [-0.25, -0.2) is 14.1 Å². The molecule has 0 bridgehead atoms. The molecule has 2 N–H and O–H groups in total. The number of carbonyl (C=O) groups excluding carboxylic acids is 1. The largest absolute Gasteiger partial charge is 0.510 e. The fourth-order valence-electron chi connectivity index (χ4n) is 4.78. The van der Waals surface area contributed by atoms with E-state index in [1.54, 1.807) is 6.07 Å². The lowest BCUT2D eigenvalue weighted by atomic mass is 9.75. The van der Waals surface area contributed by atoms with E-state index in [4.69, 9.17) is 11.6 Å². The van der Waals surface area contributed by atoms with E-state index in [-0.39, 0.29) is 34.1 Å². The van der Waals surface area contributed by atoms with Crippen molar-refractivity contribution in [1.29, 1.82) is 0 Å². The fraction of sp³-hybridized carbons (Fsp3) is 0.261. The SMILES string of the molecule is O=C1C[C@H](c2c(F)cccc2Cl)[C@@H](n2cncn2)C(O)=C1[C@H]1NCCc2ccccc21. The third-order valence-corrected chi connectivity index (χ3v) is 6.46. The molecule has 0 amide bonds. The average Bonchev–Trinajstić information content (AvgIpc) is 3.28. The quantitative estimate of drug-likeness (QED) is 0.644. The number of Topliss-reactive ketones (excluding diaryl/α,β-unsaturated/α-hetero) is 1. The Bertz CT molecular complexity index is 1160. The minimum atomic E-state index is -0.805. The summed E-state index contributed by atoms with van der Waals surface area (Å²) in [7, 11) is 0. The molecule has 158 valence electrons. The van der Waals surface area contributed by atoms with Gasteiger partial charge in [-0.1, -0.05) is 41.9 Å². The average molecular weight is 439 g/mol. The number of fused-ring (bicyclic) bond motifs is 1. The lowest BCUT2D eigenvalue weighted by Crippen LogP contribution is -2.38. The Kier molecular flexibility index (Phi) is 5.08. The Hall–Kier alpha value is -3.03. The number of nitrogens with one attached hydrogen (secondary N) is 1. The van der Waals surface area contributed by atoms with Gasteiger partial charge in [0.25, 0.3) is 0 Å². The second-order valence-electron chi connectivity index (χ2n) is 7.82. The molecule has 3 atom stereocenters. The highest BCUT2D eigenvalue weighted by Gasteiger charge is 2.44. The Morgan fingerprint density at radius 2 is 2.03 bits per heavy atom. The number of rotatable bonds is 3. The number of aromatic nitrogens is 3. The number of nitrogens with zero attached hydrogens (tertiary/aromatic N) is 3. The first-order valence-electron chi connectivity index (χ1n) is 10.1. The van der Waals surface area contributed by atoms with Crippen LogP contribution >= 0.6 is 11.6 Å².